The molecule has 31 heavy (non-hydrogen) atoms. The third kappa shape index (κ3) is 5.63. The van der Waals surface area contributed by atoms with Gasteiger partial charge in [0, 0.05) is 6.07 Å². The minimum absolute atomic E-state index is 0.146. The van der Waals surface area contributed by atoms with Gasteiger partial charge in [0.05, 0.1) is 12.5 Å². The number of benzene rings is 2. The Morgan fingerprint density at radius 1 is 1.00 bits per heavy atom. The summed E-state index contributed by atoms with van der Waals surface area (Å²) in [5, 5.41) is 59.6. The molecule has 0 aromatic heterocycles. The summed E-state index contributed by atoms with van der Waals surface area (Å²) in [5.74, 6) is -1.56. The monoisotopic (exact) mass is 436 g/mol. The SMILES string of the molecule is O=C(C[C@@H](O)c1ccccc1)OC[C@H]1O[C@@H](Oc2ccc(O)cc2O)[C@H](O)[C@H](O)[C@@H]1O. The molecule has 2 aromatic rings. The second kappa shape index (κ2) is 9.94. The number of carbonyl (C=O) groups is 1. The van der Waals surface area contributed by atoms with Crippen molar-refractivity contribution < 1.29 is 49.6 Å². The van der Waals surface area contributed by atoms with Crippen LogP contribution >= 0.6 is 0 Å². The molecule has 1 heterocycles. The van der Waals surface area contributed by atoms with Crippen LogP contribution < -0.4 is 4.74 Å². The first-order chi connectivity index (χ1) is 14.8. The predicted octanol–water partition coefficient (Wildman–Crippen LogP) is -0.0489. The number of phenols is 2. The number of esters is 1. The molecule has 0 bridgehead atoms. The van der Waals surface area contributed by atoms with Crippen molar-refractivity contribution >= 4 is 5.97 Å². The average molecular weight is 436 g/mol. The van der Waals surface area contributed by atoms with E-state index < -0.39 is 55.1 Å². The topological polar surface area (TPSA) is 166 Å². The summed E-state index contributed by atoms with van der Waals surface area (Å²) in [5.41, 5.74) is 0.536. The van der Waals surface area contributed by atoms with Crippen LogP contribution in [0.5, 0.6) is 17.2 Å². The van der Waals surface area contributed by atoms with Crippen molar-refractivity contribution in [2.24, 2.45) is 0 Å². The molecule has 0 saturated carbocycles. The Bertz CT molecular complexity index is 874. The molecule has 6 atom stereocenters. The maximum Gasteiger partial charge on any atom is 0.308 e. The van der Waals surface area contributed by atoms with Gasteiger partial charge in [-0.3, -0.25) is 4.79 Å². The van der Waals surface area contributed by atoms with Gasteiger partial charge in [-0.05, 0) is 17.7 Å². The fourth-order valence-corrected chi connectivity index (χ4v) is 3.07. The maximum atomic E-state index is 12.1. The number of carbonyl (C=O) groups excluding carboxylic acids is 1. The van der Waals surface area contributed by atoms with Crippen molar-refractivity contribution in [1.29, 1.82) is 0 Å². The Kier molecular flexibility index (Phi) is 7.31. The van der Waals surface area contributed by atoms with Crippen molar-refractivity contribution in [3.05, 3.63) is 54.1 Å². The average Bonchev–Trinajstić information content (AvgIpc) is 2.75. The molecular formula is C21H24O10. The van der Waals surface area contributed by atoms with Crippen LogP contribution in [0.4, 0.5) is 0 Å². The zero-order valence-corrected chi connectivity index (χ0v) is 16.3. The quantitative estimate of drug-likeness (QED) is 0.324. The Morgan fingerprint density at radius 2 is 1.71 bits per heavy atom. The van der Waals surface area contributed by atoms with Crippen molar-refractivity contribution in [3.8, 4) is 17.2 Å². The molecule has 1 fully saturated rings. The van der Waals surface area contributed by atoms with E-state index in [-0.39, 0.29) is 17.9 Å². The summed E-state index contributed by atoms with van der Waals surface area (Å²) >= 11 is 0. The van der Waals surface area contributed by atoms with Gasteiger partial charge >= 0.3 is 5.97 Å². The van der Waals surface area contributed by atoms with E-state index in [1.165, 1.54) is 12.1 Å². The van der Waals surface area contributed by atoms with E-state index in [0.717, 1.165) is 6.07 Å². The lowest BCUT2D eigenvalue weighted by molar-refractivity contribution is -0.278. The zero-order chi connectivity index (χ0) is 22.5. The standard InChI is InChI=1S/C21H24O10/c22-12-6-7-15(14(24)8-12)30-21-20(28)19(27)18(26)16(31-21)10-29-17(25)9-13(23)11-4-2-1-3-5-11/h1-8,13,16,18-24,26-28H,9-10H2/t13-,16-,18-,19-,20-,21-/m1/s1. The van der Waals surface area contributed by atoms with Crippen molar-refractivity contribution in [2.45, 2.75) is 43.2 Å². The molecule has 3 rings (SSSR count). The first kappa shape index (κ1) is 22.8. The number of hydrogen-bond donors (Lipinski definition) is 6. The lowest BCUT2D eigenvalue weighted by Gasteiger charge is -2.39. The Hall–Kier alpha value is -2.89. The molecule has 0 unspecified atom stereocenters. The third-order valence-corrected chi connectivity index (χ3v) is 4.81. The van der Waals surface area contributed by atoms with Crippen LogP contribution in [0, 0.1) is 0 Å². The first-order valence-corrected chi connectivity index (χ1v) is 9.53. The summed E-state index contributed by atoms with van der Waals surface area (Å²) in [4.78, 5) is 12.1. The van der Waals surface area contributed by atoms with Crippen LogP contribution in [-0.4, -0.2) is 73.9 Å². The Balaban J connectivity index is 1.59. The van der Waals surface area contributed by atoms with Crippen LogP contribution in [0.3, 0.4) is 0 Å². The van der Waals surface area contributed by atoms with Crippen LogP contribution in [0.25, 0.3) is 0 Å². The molecule has 2 aromatic carbocycles. The lowest BCUT2D eigenvalue weighted by atomic mass is 9.99. The molecule has 0 spiro atoms. The summed E-state index contributed by atoms with van der Waals surface area (Å²) in [6, 6.07) is 12.0. The molecule has 0 radical (unpaired) electrons. The second-order valence-electron chi connectivity index (χ2n) is 7.10. The highest BCUT2D eigenvalue weighted by Crippen LogP contribution is 2.33. The smallest absolute Gasteiger partial charge is 0.308 e. The molecule has 6 N–H and O–H groups in total. The number of aliphatic hydroxyl groups excluding tert-OH is 4. The van der Waals surface area contributed by atoms with E-state index >= 15 is 0 Å². The van der Waals surface area contributed by atoms with Gasteiger partial charge in [-0.2, -0.15) is 0 Å². The van der Waals surface area contributed by atoms with Crippen molar-refractivity contribution in [2.75, 3.05) is 6.61 Å². The molecule has 168 valence electrons. The van der Waals surface area contributed by atoms with Crippen LogP contribution in [0.2, 0.25) is 0 Å². The number of hydrogen-bond acceptors (Lipinski definition) is 10. The van der Waals surface area contributed by atoms with Gasteiger partial charge in [0.2, 0.25) is 6.29 Å². The van der Waals surface area contributed by atoms with Gasteiger partial charge in [0.15, 0.2) is 11.5 Å². The fraction of sp³-hybridized carbons (Fsp3) is 0.381. The predicted molar refractivity (Wildman–Crippen MR) is 104 cm³/mol. The summed E-state index contributed by atoms with van der Waals surface area (Å²) in [7, 11) is 0. The summed E-state index contributed by atoms with van der Waals surface area (Å²) in [6.07, 6.45) is -9.11. The highest BCUT2D eigenvalue weighted by molar-refractivity contribution is 5.70. The largest absolute Gasteiger partial charge is 0.508 e. The number of phenolic OH excluding ortho intramolecular Hbond substituents is 2. The van der Waals surface area contributed by atoms with E-state index in [2.05, 4.69) is 0 Å². The zero-order valence-electron chi connectivity index (χ0n) is 16.3. The maximum absolute atomic E-state index is 12.1. The molecule has 1 aliphatic heterocycles. The second-order valence-corrected chi connectivity index (χ2v) is 7.10. The van der Waals surface area contributed by atoms with E-state index in [0.29, 0.717) is 5.56 Å². The molecule has 10 nitrogen and oxygen atoms in total. The highest BCUT2D eigenvalue weighted by Gasteiger charge is 2.45. The Labute approximate surface area is 177 Å². The van der Waals surface area contributed by atoms with Crippen molar-refractivity contribution in [1.82, 2.24) is 0 Å². The number of ether oxygens (including phenoxy) is 3. The first-order valence-electron chi connectivity index (χ1n) is 9.53. The minimum Gasteiger partial charge on any atom is -0.508 e. The molecular weight excluding hydrogens is 412 g/mol. The molecule has 0 aliphatic carbocycles. The lowest BCUT2D eigenvalue weighted by Crippen LogP contribution is -2.60. The van der Waals surface area contributed by atoms with Gasteiger partial charge in [-0.25, -0.2) is 0 Å². The minimum atomic E-state index is -1.68. The van der Waals surface area contributed by atoms with Gasteiger partial charge in [0.25, 0.3) is 0 Å². The van der Waals surface area contributed by atoms with E-state index in [4.69, 9.17) is 14.2 Å². The fourth-order valence-electron chi connectivity index (χ4n) is 3.07. The highest BCUT2D eigenvalue weighted by atomic mass is 16.7. The number of rotatable bonds is 7. The molecule has 1 saturated heterocycles. The summed E-state index contributed by atoms with van der Waals surface area (Å²) < 4.78 is 15.8. The Morgan fingerprint density at radius 3 is 2.39 bits per heavy atom. The van der Waals surface area contributed by atoms with Gasteiger partial charge in [-0.15, -0.1) is 0 Å². The molecule has 10 heteroatoms. The van der Waals surface area contributed by atoms with E-state index in [1.54, 1.807) is 30.3 Å². The van der Waals surface area contributed by atoms with Crippen LogP contribution in [0.15, 0.2) is 48.5 Å². The molecule has 0 amide bonds. The summed E-state index contributed by atoms with van der Waals surface area (Å²) in [6.45, 7) is -0.479. The van der Waals surface area contributed by atoms with Gasteiger partial charge in [0.1, 0.15) is 36.8 Å². The van der Waals surface area contributed by atoms with Crippen LogP contribution in [0.1, 0.15) is 18.1 Å². The third-order valence-electron chi connectivity index (χ3n) is 4.81. The van der Waals surface area contributed by atoms with Gasteiger partial charge in [-0.1, -0.05) is 30.3 Å². The van der Waals surface area contributed by atoms with Crippen LogP contribution in [-0.2, 0) is 14.3 Å². The van der Waals surface area contributed by atoms with E-state index in [9.17, 15) is 35.4 Å². The molecule has 1 aliphatic rings. The van der Waals surface area contributed by atoms with Gasteiger partial charge < -0.3 is 44.8 Å². The number of aromatic hydroxyl groups is 2. The van der Waals surface area contributed by atoms with E-state index in [1.807, 2.05) is 0 Å². The number of aliphatic hydroxyl groups is 4. The normalized spacial score (nSPS) is 26.8. The van der Waals surface area contributed by atoms with Crippen molar-refractivity contribution in [3.63, 3.8) is 0 Å².